The number of carbonyl (C=O) groups excluding carboxylic acids is 1. The maximum atomic E-state index is 12.5. The van der Waals surface area contributed by atoms with Gasteiger partial charge in [-0.1, -0.05) is 30.3 Å². The lowest BCUT2D eigenvalue weighted by Crippen LogP contribution is -2.10. The van der Waals surface area contributed by atoms with Gasteiger partial charge < -0.3 is 14.2 Å². The first-order valence-electron chi connectivity index (χ1n) is 9.81. The molecule has 30 heavy (non-hydrogen) atoms. The molecule has 0 aliphatic rings. The lowest BCUT2D eigenvalue weighted by Gasteiger charge is -2.04. The van der Waals surface area contributed by atoms with Crippen LogP contribution in [0.2, 0.25) is 0 Å². The third-order valence-electron chi connectivity index (χ3n) is 5.26. The maximum Gasteiger partial charge on any atom is 0.291 e. The van der Waals surface area contributed by atoms with Crippen LogP contribution in [0.4, 0.5) is 5.69 Å². The van der Waals surface area contributed by atoms with Gasteiger partial charge in [-0.3, -0.25) is 4.79 Å². The fourth-order valence-electron chi connectivity index (χ4n) is 3.47. The molecule has 0 saturated carbocycles. The van der Waals surface area contributed by atoms with Crippen LogP contribution >= 0.6 is 0 Å². The van der Waals surface area contributed by atoms with Crippen molar-refractivity contribution in [3.8, 4) is 0 Å². The van der Waals surface area contributed by atoms with Gasteiger partial charge >= 0.3 is 0 Å². The average Bonchev–Trinajstić information content (AvgIpc) is 3.33. The number of furan rings is 1. The van der Waals surface area contributed by atoms with Crippen molar-refractivity contribution in [1.82, 2.24) is 4.98 Å². The Bertz CT molecular complexity index is 1310. The SMILES string of the molecule is Cc1cc2nc(Cc3ccc(NC(=O)c4cc5ccccc5o4)cc3)oc2cc1C. The zero-order chi connectivity index (χ0) is 20.7. The molecule has 0 bridgehead atoms. The molecule has 0 saturated heterocycles. The first kappa shape index (κ1) is 18.2. The largest absolute Gasteiger partial charge is 0.451 e. The molecular weight excluding hydrogens is 376 g/mol. The molecule has 5 heteroatoms. The van der Waals surface area contributed by atoms with Crippen LogP contribution in [0, 0.1) is 13.8 Å². The van der Waals surface area contributed by atoms with Crippen molar-refractivity contribution in [2.75, 3.05) is 5.32 Å². The number of fused-ring (bicyclic) bond motifs is 2. The molecule has 1 N–H and O–H groups in total. The van der Waals surface area contributed by atoms with E-state index in [1.807, 2.05) is 60.7 Å². The van der Waals surface area contributed by atoms with Crippen LogP contribution in [0.3, 0.4) is 0 Å². The average molecular weight is 396 g/mol. The maximum absolute atomic E-state index is 12.5. The van der Waals surface area contributed by atoms with Crippen LogP contribution in [0.15, 0.2) is 75.6 Å². The molecular formula is C25H20N2O3. The monoisotopic (exact) mass is 396 g/mol. The molecule has 5 aromatic rings. The molecule has 0 fully saturated rings. The Morgan fingerprint density at radius 3 is 2.47 bits per heavy atom. The molecule has 0 radical (unpaired) electrons. The quantitative estimate of drug-likeness (QED) is 0.402. The summed E-state index contributed by atoms with van der Waals surface area (Å²) in [6, 6.07) is 21.0. The molecule has 0 aliphatic heterocycles. The molecule has 0 spiro atoms. The van der Waals surface area contributed by atoms with Crippen molar-refractivity contribution in [3.63, 3.8) is 0 Å². The van der Waals surface area contributed by atoms with Crippen molar-refractivity contribution < 1.29 is 13.6 Å². The molecule has 5 rings (SSSR count). The number of oxazole rings is 1. The number of rotatable bonds is 4. The Labute approximate surface area is 173 Å². The third-order valence-corrected chi connectivity index (χ3v) is 5.26. The number of benzene rings is 3. The van der Waals surface area contributed by atoms with Crippen molar-refractivity contribution in [3.05, 3.63) is 95.1 Å². The number of hydrogen-bond acceptors (Lipinski definition) is 4. The second-order valence-electron chi connectivity index (χ2n) is 7.49. The number of para-hydroxylation sites is 1. The summed E-state index contributed by atoms with van der Waals surface area (Å²) in [6.07, 6.45) is 0.588. The van der Waals surface area contributed by atoms with Gasteiger partial charge in [0.2, 0.25) is 0 Å². The highest BCUT2D eigenvalue weighted by Gasteiger charge is 2.13. The Balaban J connectivity index is 1.30. The van der Waals surface area contributed by atoms with Crippen molar-refractivity contribution in [2.24, 2.45) is 0 Å². The summed E-state index contributed by atoms with van der Waals surface area (Å²) < 4.78 is 11.5. The van der Waals surface area contributed by atoms with E-state index in [1.165, 1.54) is 11.1 Å². The highest BCUT2D eigenvalue weighted by molar-refractivity contribution is 6.04. The number of hydrogen-bond donors (Lipinski definition) is 1. The molecule has 0 atom stereocenters. The predicted molar refractivity (Wildman–Crippen MR) is 117 cm³/mol. The molecule has 0 aliphatic carbocycles. The first-order chi connectivity index (χ1) is 14.5. The van der Waals surface area contributed by atoms with Gasteiger partial charge in [0, 0.05) is 17.5 Å². The van der Waals surface area contributed by atoms with Gasteiger partial charge in [-0.15, -0.1) is 0 Å². The topological polar surface area (TPSA) is 68.3 Å². The molecule has 2 aromatic heterocycles. The summed E-state index contributed by atoms with van der Waals surface area (Å²) >= 11 is 0. The van der Waals surface area contributed by atoms with Gasteiger partial charge in [0.25, 0.3) is 5.91 Å². The molecule has 2 heterocycles. The number of anilines is 1. The van der Waals surface area contributed by atoms with E-state index in [9.17, 15) is 4.79 Å². The van der Waals surface area contributed by atoms with Crippen molar-refractivity contribution in [1.29, 1.82) is 0 Å². The van der Waals surface area contributed by atoms with Crippen LogP contribution in [0.25, 0.3) is 22.1 Å². The molecule has 148 valence electrons. The van der Waals surface area contributed by atoms with E-state index in [2.05, 4.69) is 24.1 Å². The van der Waals surface area contributed by atoms with Gasteiger partial charge in [0.1, 0.15) is 11.1 Å². The molecule has 0 unspecified atom stereocenters. The van der Waals surface area contributed by atoms with E-state index in [4.69, 9.17) is 8.83 Å². The van der Waals surface area contributed by atoms with Gasteiger partial charge in [-0.2, -0.15) is 0 Å². The minimum Gasteiger partial charge on any atom is -0.451 e. The van der Waals surface area contributed by atoms with E-state index >= 15 is 0 Å². The highest BCUT2D eigenvalue weighted by atomic mass is 16.4. The van der Waals surface area contributed by atoms with Gasteiger partial charge in [-0.05, 0) is 66.9 Å². The second-order valence-corrected chi connectivity index (χ2v) is 7.49. The van der Waals surface area contributed by atoms with Gasteiger partial charge in [0.05, 0.1) is 0 Å². The smallest absolute Gasteiger partial charge is 0.291 e. The zero-order valence-corrected chi connectivity index (χ0v) is 16.7. The Morgan fingerprint density at radius 1 is 0.900 bits per heavy atom. The Hall–Kier alpha value is -3.86. The number of carbonyl (C=O) groups is 1. The summed E-state index contributed by atoms with van der Waals surface area (Å²) in [7, 11) is 0. The fraction of sp³-hybridized carbons (Fsp3) is 0.120. The number of nitrogens with zero attached hydrogens (tertiary/aromatic N) is 1. The minimum atomic E-state index is -0.274. The Morgan fingerprint density at radius 2 is 1.67 bits per heavy atom. The number of aryl methyl sites for hydroxylation is 2. The van der Waals surface area contributed by atoms with Crippen molar-refractivity contribution >= 4 is 33.7 Å². The van der Waals surface area contributed by atoms with E-state index in [0.29, 0.717) is 23.6 Å². The summed E-state index contributed by atoms with van der Waals surface area (Å²) in [5.74, 6) is 0.690. The predicted octanol–water partition coefficient (Wildman–Crippen LogP) is 6.03. The summed E-state index contributed by atoms with van der Waals surface area (Å²) in [5.41, 5.74) is 6.53. The molecule has 1 amide bonds. The van der Waals surface area contributed by atoms with Gasteiger partial charge in [0.15, 0.2) is 17.2 Å². The van der Waals surface area contributed by atoms with Crippen LogP contribution in [0.5, 0.6) is 0 Å². The first-order valence-corrected chi connectivity index (χ1v) is 9.81. The fourth-order valence-corrected chi connectivity index (χ4v) is 3.47. The molecule has 3 aromatic carbocycles. The lowest BCUT2D eigenvalue weighted by molar-refractivity contribution is 0.0998. The van der Waals surface area contributed by atoms with Crippen LogP contribution in [-0.2, 0) is 6.42 Å². The molecule has 5 nitrogen and oxygen atoms in total. The van der Waals surface area contributed by atoms with Gasteiger partial charge in [-0.25, -0.2) is 4.98 Å². The van der Waals surface area contributed by atoms with E-state index < -0.39 is 0 Å². The summed E-state index contributed by atoms with van der Waals surface area (Å²) in [5, 5.41) is 3.78. The Kier molecular flexibility index (Phi) is 4.36. The third kappa shape index (κ3) is 3.46. The minimum absolute atomic E-state index is 0.274. The standard InChI is InChI=1S/C25H20N2O3/c1-15-11-20-22(12-16(15)2)30-24(27-20)13-17-7-9-19(10-8-17)26-25(28)23-14-18-5-3-4-6-21(18)29-23/h3-12,14H,13H2,1-2H3,(H,26,28). The number of aromatic nitrogens is 1. The lowest BCUT2D eigenvalue weighted by atomic mass is 10.1. The zero-order valence-electron chi connectivity index (χ0n) is 16.7. The number of nitrogens with one attached hydrogen (secondary N) is 1. The van der Waals surface area contributed by atoms with Crippen LogP contribution in [-0.4, -0.2) is 10.9 Å². The summed E-state index contributed by atoms with van der Waals surface area (Å²) in [6.45, 7) is 4.14. The van der Waals surface area contributed by atoms with E-state index in [-0.39, 0.29) is 11.7 Å². The van der Waals surface area contributed by atoms with Crippen LogP contribution in [0.1, 0.15) is 33.1 Å². The highest BCUT2D eigenvalue weighted by Crippen LogP contribution is 2.23. The summed E-state index contributed by atoms with van der Waals surface area (Å²) in [4.78, 5) is 17.1. The van der Waals surface area contributed by atoms with Crippen LogP contribution < -0.4 is 5.32 Å². The van der Waals surface area contributed by atoms with E-state index in [0.717, 1.165) is 22.0 Å². The van der Waals surface area contributed by atoms with E-state index in [1.54, 1.807) is 6.07 Å². The number of amides is 1. The van der Waals surface area contributed by atoms with Crippen molar-refractivity contribution in [2.45, 2.75) is 20.3 Å². The normalized spacial score (nSPS) is 11.3. The second kappa shape index (κ2) is 7.19.